The zero-order chi connectivity index (χ0) is 39.6. The molecule has 0 aliphatic carbocycles. The van der Waals surface area contributed by atoms with Crippen LogP contribution < -0.4 is 20.0 Å². The van der Waals surface area contributed by atoms with E-state index in [0.717, 1.165) is 86.8 Å². The molecule has 0 saturated carbocycles. The van der Waals surface area contributed by atoms with Gasteiger partial charge in [0.2, 0.25) is 17.5 Å². The number of fused-ring (bicyclic) bond motifs is 1. The monoisotopic (exact) mass is 788 g/mol. The molecule has 57 heavy (non-hydrogen) atoms. The number of anilines is 3. The van der Waals surface area contributed by atoms with Crippen molar-refractivity contribution in [2.75, 3.05) is 60.5 Å². The lowest BCUT2D eigenvalue weighted by Gasteiger charge is -2.47. The zero-order valence-electron chi connectivity index (χ0n) is 32.0. The van der Waals surface area contributed by atoms with E-state index < -0.39 is 29.7 Å². The largest absolute Gasteiger partial charge is 0.371 e. The van der Waals surface area contributed by atoms with Gasteiger partial charge in [-0.15, -0.1) is 0 Å². The lowest BCUT2D eigenvalue weighted by atomic mass is 9.76. The Kier molecular flexibility index (Phi) is 9.42. The van der Waals surface area contributed by atoms with E-state index in [1.54, 1.807) is 12.1 Å². The molecule has 0 bridgehead atoms. The van der Waals surface area contributed by atoms with E-state index in [1.165, 1.54) is 0 Å². The van der Waals surface area contributed by atoms with Crippen molar-refractivity contribution in [3.05, 3.63) is 88.0 Å². The Morgan fingerprint density at radius 1 is 0.860 bits per heavy atom. The molecule has 14 heteroatoms. The molecule has 6 aliphatic rings. The Balaban J connectivity index is 0.741. The first-order chi connectivity index (χ1) is 27.5. The Labute approximate surface area is 336 Å². The van der Waals surface area contributed by atoms with E-state index >= 15 is 0 Å². The second-order valence-corrected chi connectivity index (χ2v) is 17.2. The van der Waals surface area contributed by atoms with Gasteiger partial charge in [0, 0.05) is 74.7 Å². The van der Waals surface area contributed by atoms with Crippen molar-refractivity contribution in [1.82, 2.24) is 20.1 Å². The van der Waals surface area contributed by atoms with Crippen molar-refractivity contribution in [1.29, 1.82) is 0 Å². The summed E-state index contributed by atoms with van der Waals surface area (Å²) in [6.45, 7) is 15.5. The van der Waals surface area contributed by atoms with Gasteiger partial charge in [0.15, 0.2) is 0 Å². The highest BCUT2D eigenvalue weighted by Crippen LogP contribution is 2.46. The summed E-state index contributed by atoms with van der Waals surface area (Å²) in [5, 5.41) is 2.74. The van der Waals surface area contributed by atoms with Crippen molar-refractivity contribution < 1.29 is 24.0 Å². The van der Waals surface area contributed by atoms with Gasteiger partial charge in [-0.3, -0.25) is 34.2 Å². The van der Waals surface area contributed by atoms with Crippen molar-refractivity contribution in [2.24, 2.45) is 17.3 Å². The van der Waals surface area contributed by atoms with Gasteiger partial charge in [0.05, 0.1) is 29.6 Å². The summed E-state index contributed by atoms with van der Waals surface area (Å²) in [5.74, 6) is -1.07. The van der Waals surface area contributed by atoms with E-state index in [1.807, 2.05) is 47.5 Å². The number of hydrogen-bond donors (Lipinski definition) is 1. The number of rotatable bonds is 6. The molecule has 2 aromatic carbocycles. The molecule has 13 nitrogen and oxygen atoms in total. The lowest BCUT2D eigenvalue weighted by Crippen LogP contribution is -2.54. The molecule has 7 heterocycles. The summed E-state index contributed by atoms with van der Waals surface area (Å²) >= 11 is 6.38. The number of nitrogens with zero attached hydrogens (tertiary/aromatic N) is 7. The zero-order valence-corrected chi connectivity index (χ0v) is 32.7. The maximum Gasteiger partial charge on any atom is 0.272 e. The van der Waals surface area contributed by atoms with Crippen LogP contribution in [0.5, 0.6) is 0 Å². The quantitative estimate of drug-likeness (QED) is 0.252. The molecule has 5 fully saturated rings. The van der Waals surface area contributed by atoms with Gasteiger partial charge in [-0.25, -0.2) is 9.83 Å². The summed E-state index contributed by atoms with van der Waals surface area (Å²) in [6, 6.07) is 14.3. The maximum atomic E-state index is 13.5. The van der Waals surface area contributed by atoms with Gasteiger partial charge in [0.1, 0.15) is 11.7 Å². The van der Waals surface area contributed by atoms with Crippen LogP contribution in [-0.2, 0) is 9.59 Å². The molecular formula is C43H45ClN8O5. The molecule has 9 rings (SSSR count). The Morgan fingerprint density at radius 3 is 2.26 bits per heavy atom. The first kappa shape index (κ1) is 37.1. The third-order valence-electron chi connectivity index (χ3n) is 13.5. The number of likely N-dealkylation sites (tertiary alicyclic amines) is 1. The number of halogens is 1. The average molecular weight is 789 g/mol. The molecule has 1 N–H and O–H groups in total. The molecule has 1 spiro atoms. The van der Waals surface area contributed by atoms with Crippen LogP contribution in [-0.4, -0.2) is 102 Å². The van der Waals surface area contributed by atoms with Crippen LogP contribution in [0.1, 0.15) is 83.1 Å². The molecular weight excluding hydrogens is 744 g/mol. The highest BCUT2D eigenvalue weighted by molar-refractivity contribution is 6.33. The molecule has 5 amide bonds. The normalized spacial score (nSPS) is 23.8. The molecule has 6 aliphatic heterocycles. The number of aromatic nitrogens is 1. The second kappa shape index (κ2) is 14.5. The predicted molar refractivity (Wildman–Crippen MR) is 215 cm³/mol. The summed E-state index contributed by atoms with van der Waals surface area (Å²) in [7, 11) is 0. The number of piperidine rings is 3. The first-order valence-electron chi connectivity index (χ1n) is 20.1. The highest BCUT2D eigenvalue weighted by Gasteiger charge is 2.46. The fraction of sp³-hybridized carbons (Fsp3) is 0.465. The van der Waals surface area contributed by atoms with Crippen LogP contribution >= 0.6 is 11.6 Å². The number of imide groups is 2. The first-order valence-corrected chi connectivity index (χ1v) is 20.4. The number of nitrogens with one attached hydrogen (secondary N) is 1. The van der Waals surface area contributed by atoms with E-state index in [0.29, 0.717) is 52.9 Å². The van der Waals surface area contributed by atoms with E-state index in [9.17, 15) is 24.0 Å². The Bertz CT molecular complexity index is 2200. The molecule has 294 valence electrons. The standard InChI is InChI=1S/C43H45ClN8O5/c1-26-21-43(25-51(26)30-4-7-35(45-2)34(44)20-30)13-17-48(18-14-43)31-5-8-36(46-22-31)42(57)49-15-11-27(12-16-49)28-23-50(24-28)29-3-6-32-33(19-29)41(56)52(40(32)55)37-9-10-38(53)47-39(37)54/h3-8,19-20,22,26-28,37H,9-18,21,23-25H2,1H3,(H,47,53,54)/t26-,37?/m0/s1. The number of carbonyl (C=O) groups is 5. The number of pyridine rings is 1. The van der Waals surface area contributed by atoms with Crippen LogP contribution in [0.2, 0.25) is 5.02 Å². The van der Waals surface area contributed by atoms with Crippen LogP contribution in [0.4, 0.5) is 22.7 Å². The Morgan fingerprint density at radius 2 is 1.58 bits per heavy atom. The van der Waals surface area contributed by atoms with Crippen molar-refractivity contribution >= 4 is 63.9 Å². The number of benzene rings is 2. The summed E-state index contributed by atoms with van der Waals surface area (Å²) in [4.78, 5) is 82.0. The van der Waals surface area contributed by atoms with Gasteiger partial charge in [-0.2, -0.15) is 0 Å². The van der Waals surface area contributed by atoms with Crippen molar-refractivity contribution in [3.8, 4) is 0 Å². The average Bonchev–Trinajstić information content (AvgIpc) is 3.65. The highest BCUT2D eigenvalue weighted by atomic mass is 35.5. The second-order valence-electron chi connectivity index (χ2n) is 16.8. The predicted octanol–water partition coefficient (Wildman–Crippen LogP) is 5.56. The van der Waals surface area contributed by atoms with Gasteiger partial charge >= 0.3 is 0 Å². The SMILES string of the molecule is [C-]#[N+]c1ccc(N2CC3(CCN(c4ccc(C(=O)N5CCC(C6CN(c7ccc8c(c7)C(=O)N(C7CCC(=O)NC7=O)C8=O)C6)CC5)nc4)CC3)C[C@@H]2C)cc1Cl. The number of hydrogen-bond acceptors (Lipinski definition) is 9. The smallest absolute Gasteiger partial charge is 0.272 e. The third kappa shape index (κ3) is 6.67. The minimum atomic E-state index is -0.980. The van der Waals surface area contributed by atoms with Gasteiger partial charge in [0.25, 0.3) is 17.7 Å². The number of carbonyl (C=O) groups excluding carboxylic acids is 5. The topological polar surface area (TPSA) is 131 Å². The van der Waals surface area contributed by atoms with E-state index in [2.05, 4.69) is 36.8 Å². The number of amides is 5. The van der Waals surface area contributed by atoms with Crippen LogP contribution in [0.25, 0.3) is 4.85 Å². The van der Waals surface area contributed by atoms with Crippen LogP contribution in [0, 0.1) is 23.8 Å². The third-order valence-corrected chi connectivity index (χ3v) is 13.8. The lowest BCUT2D eigenvalue weighted by molar-refractivity contribution is -0.136. The molecule has 1 unspecified atom stereocenters. The van der Waals surface area contributed by atoms with Gasteiger partial charge in [-0.05, 0) is 105 Å². The van der Waals surface area contributed by atoms with Crippen molar-refractivity contribution in [2.45, 2.75) is 64.0 Å². The maximum absolute atomic E-state index is 13.5. The summed E-state index contributed by atoms with van der Waals surface area (Å²) < 4.78 is 0. The molecule has 1 aromatic heterocycles. The Hall–Kier alpha value is -5.48. The summed E-state index contributed by atoms with van der Waals surface area (Å²) in [5.41, 5.74) is 4.77. The minimum Gasteiger partial charge on any atom is -0.371 e. The molecule has 0 radical (unpaired) electrons. The van der Waals surface area contributed by atoms with E-state index in [4.69, 9.17) is 18.2 Å². The van der Waals surface area contributed by atoms with Gasteiger partial charge < -0.3 is 19.6 Å². The molecule has 3 aromatic rings. The van der Waals surface area contributed by atoms with Crippen LogP contribution in [0.3, 0.4) is 0 Å². The molecule has 5 saturated heterocycles. The van der Waals surface area contributed by atoms with Crippen molar-refractivity contribution in [3.63, 3.8) is 0 Å². The van der Waals surface area contributed by atoms with Crippen LogP contribution in [0.15, 0.2) is 54.7 Å². The minimum absolute atomic E-state index is 0.0268. The van der Waals surface area contributed by atoms with Gasteiger partial charge in [-0.1, -0.05) is 17.7 Å². The fourth-order valence-corrected chi connectivity index (χ4v) is 10.4. The van der Waals surface area contributed by atoms with E-state index in [-0.39, 0.29) is 29.7 Å². The molecule has 2 atom stereocenters. The fourth-order valence-electron chi connectivity index (χ4n) is 10.1. The summed E-state index contributed by atoms with van der Waals surface area (Å²) in [6.07, 6.45) is 7.19.